The quantitative estimate of drug-likeness (QED) is 0.834. The lowest BCUT2D eigenvalue weighted by molar-refractivity contribution is 0.0700. The predicted octanol–water partition coefficient (Wildman–Crippen LogP) is 4.57. The Morgan fingerprint density at radius 3 is 2.59 bits per heavy atom. The number of hydrogen-bond donors (Lipinski definition) is 1. The van der Waals surface area contributed by atoms with Gasteiger partial charge in [0.15, 0.2) is 0 Å². The van der Waals surface area contributed by atoms with Crippen molar-refractivity contribution < 1.29 is 9.90 Å². The zero-order valence-corrected chi connectivity index (χ0v) is 17.1. The van der Waals surface area contributed by atoms with Gasteiger partial charge < -0.3 is 10.0 Å². The molecule has 29 heavy (non-hydrogen) atoms. The van der Waals surface area contributed by atoms with Gasteiger partial charge in [0.1, 0.15) is 5.75 Å². The van der Waals surface area contributed by atoms with Gasteiger partial charge in [0.05, 0.1) is 6.04 Å². The number of rotatable bonds is 4. The number of likely N-dealkylation sites (tertiary alicyclic amines) is 1. The van der Waals surface area contributed by atoms with Crippen LogP contribution in [0.25, 0.3) is 0 Å². The van der Waals surface area contributed by atoms with E-state index in [-0.39, 0.29) is 17.7 Å². The molecule has 1 fully saturated rings. The van der Waals surface area contributed by atoms with Gasteiger partial charge in [-0.2, -0.15) is 0 Å². The molecule has 1 atom stereocenters. The van der Waals surface area contributed by atoms with Gasteiger partial charge in [0, 0.05) is 24.4 Å². The Bertz CT molecular complexity index is 968. The molecule has 2 heterocycles. The van der Waals surface area contributed by atoms with Crippen LogP contribution in [-0.2, 0) is 6.42 Å². The fourth-order valence-electron chi connectivity index (χ4n) is 4.53. The molecule has 4 nitrogen and oxygen atoms in total. The van der Waals surface area contributed by atoms with Crippen LogP contribution in [0.2, 0.25) is 0 Å². The van der Waals surface area contributed by atoms with E-state index in [1.54, 1.807) is 24.3 Å². The second kappa shape index (κ2) is 8.24. The van der Waals surface area contributed by atoms with Crippen molar-refractivity contribution in [3.63, 3.8) is 0 Å². The Hall–Kier alpha value is -2.88. The van der Waals surface area contributed by atoms with Gasteiger partial charge in [0.2, 0.25) is 0 Å². The van der Waals surface area contributed by atoms with Crippen molar-refractivity contribution in [1.29, 1.82) is 0 Å². The number of nitrogens with zero attached hydrogens (tertiary/aromatic N) is 2. The molecule has 0 spiro atoms. The van der Waals surface area contributed by atoms with Gasteiger partial charge >= 0.3 is 0 Å². The normalized spacial score (nSPS) is 19.8. The maximum Gasteiger partial charge on any atom is 0.253 e. The molecule has 2 aliphatic heterocycles. The van der Waals surface area contributed by atoms with Crippen molar-refractivity contribution in [3.05, 3.63) is 76.9 Å². The van der Waals surface area contributed by atoms with Crippen LogP contribution >= 0.6 is 0 Å². The number of phenolic OH excluding ortho intramolecular Hbond substituents is 1. The molecule has 4 rings (SSSR count). The Kier molecular flexibility index (Phi) is 5.52. The second-order valence-electron chi connectivity index (χ2n) is 8.18. The van der Waals surface area contributed by atoms with Gasteiger partial charge in [-0.25, -0.2) is 0 Å². The van der Waals surface area contributed by atoms with E-state index in [0.29, 0.717) is 11.5 Å². The molecule has 0 unspecified atom stereocenters. The minimum Gasteiger partial charge on any atom is -0.508 e. The van der Waals surface area contributed by atoms with E-state index >= 15 is 0 Å². The molecule has 2 aromatic carbocycles. The van der Waals surface area contributed by atoms with Gasteiger partial charge in [-0.3, -0.25) is 9.79 Å². The molecule has 1 saturated heterocycles. The number of piperidine rings is 1. The molecule has 150 valence electrons. The molecule has 1 amide bonds. The number of phenols is 1. The number of aryl methyl sites for hydroxylation is 1. The highest BCUT2D eigenvalue weighted by Crippen LogP contribution is 2.33. The number of amides is 1. The first kappa shape index (κ1) is 19.4. The summed E-state index contributed by atoms with van der Waals surface area (Å²) in [5.41, 5.74) is 5.77. The fraction of sp³-hybridized carbons (Fsp3) is 0.360. The van der Waals surface area contributed by atoms with Gasteiger partial charge in [0.25, 0.3) is 5.91 Å². The first-order chi connectivity index (χ1) is 14.0. The molecular formula is C25H28N2O2. The molecule has 0 radical (unpaired) electrons. The highest BCUT2D eigenvalue weighted by Gasteiger charge is 2.31. The van der Waals surface area contributed by atoms with Crippen LogP contribution in [0.5, 0.6) is 5.75 Å². The third-order valence-corrected chi connectivity index (χ3v) is 6.14. The summed E-state index contributed by atoms with van der Waals surface area (Å²) in [5.74, 6) is 0.607. The van der Waals surface area contributed by atoms with Crippen molar-refractivity contribution in [1.82, 2.24) is 4.90 Å². The first-order valence-electron chi connectivity index (χ1n) is 10.4. The van der Waals surface area contributed by atoms with E-state index < -0.39 is 0 Å². The summed E-state index contributed by atoms with van der Waals surface area (Å²) in [6, 6.07) is 15.4. The molecule has 0 bridgehead atoms. The third kappa shape index (κ3) is 4.26. The topological polar surface area (TPSA) is 52.9 Å². The number of aliphatic imine (C=N–C) groups is 1. The standard InChI is InChI=1S/C25H28N2O2/c1-17-6-3-4-7-20(17)16-24-23(14-18(2)26-24)19-10-12-27(13-11-19)25(29)21-8-5-9-22(28)15-21/h3-9,14-15,19,24,28H,10-13,16H2,1-2H3/t24-/m0/s1. The summed E-state index contributed by atoms with van der Waals surface area (Å²) in [7, 11) is 0. The summed E-state index contributed by atoms with van der Waals surface area (Å²) in [6.45, 7) is 5.73. The number of hydrogen-bond acceptors (Lipinski definition) is 3. The third-order valence-electron chi connectivity index (χ3n) is 6.14. The largest absolute Gasteiger partial charge is 0.508 e. The van der Waals surface area contributed by atoms with Crippen LogP contribution < -0.4 is 0 Å². The predicted molar refractivity (Wildman–Crippen MR) is 117 cm³/mol. The number of carbonyl (C=O) groups excluding carboxylic acids is 1. The molecule has 4 heteroatoms. The van der Waals surface area contributed by atoms with Crippen molar-refractivity contribution in [2.24, 2.45) is 10.9 Å². The van der Waals surface area contributed by atoms with Crippen molar-refractivity contribution >= 4 is 11.6 Å². The smallest absolute Gasteiger partial charge is 0.253 e. The van der Waals surface area contributed by atoms with Crippen molar-refractivity contribution in [2.45, 2.75) is 39.2 Å². The van der Waals surface area contributed by atoms with Crippen molar-refractivity contribution in [3.8, 4) is 5.75 Å². The lowest BCUT2D eigenvalue weighted by Gasteiger charge is -2.34. The van der Waals surface area contributed by atoms with E-state index in [1.807, 2.05) is 4.90 Å². The average Bonchev–Trinajstić information content (AvgIpc) is 3.09. The summed E-state index contributed by atoms with van der Waals surface area (Å²) < 4.78 is 0. The molecule has 1 N–H and O–H groups in total. The summed E-state index contributed by atoms with van der Waals surface area (Å²) in [5, 5.41) is 9.65. The summed E-state index contributed by atoms with van der Waals surface area (Å²) in [6.07, 6.45) is 5.13. The van der Waals surface area contributed by atoms with Crippen LogP contribution in [0.15, 0.2) is 65.2 Å². The van der Waals surface area contributed by atoms with Crippen LogP contribution in [0.1, 0.15) is 41.3 Å². The average molecular weight is 389 g/mol. The lowest BCUT2D eigenvalue weighted by atomic mass is 9.83. The molecular weight excluding hydrogens is 360 g/mol. The van der Waals surface area contributed by atoms with E-state index in [9.17, 15) is 9.90 Å². The molecule has 2 aliphatic rings. The highest BCUT2D eigenvalue weighted by molar-refractivity contribution is 5.96. The van der Waals surface area contributed by atoms with Gasteiger partial charge in [-0.05, 0) is 80.0 Å². The number of benzene rings is 2. The monoisotopic (exact) mass is 388 g/mol. The molecule has 2 aromatic rings. The minimum atomic E-state index is 0.00337. The number of carbonyl (C=O) groups is 1. The molecule has 0 aromatic heterocycles. The minimum absolute atomic E-state index is 0.00337. The maximum atomic E-state index is 12.8. The SMILES string of the molecule is CC1=N[C@@H](Cc2ccccc2C)C(C2CCN(C(=O)c3cccc(O)c3)CC2)=C1. The number of allylic oxidation sites excluding steroid dienone is 1. The maximum absolute atomic E-state index is 12.8. The van der Waals surface area contributed by atoms with E-state index in [4.69, 9.17) is 4.99 Å². The van der Waals surface area contributed by atoms with Crippen LogP contribution in [0, 0.1) is 12.8 Å². The molecule has 0 aliphatic carbocycles. The first-order valence-corrected chi connectivity index (χ1v) is 10.4. The van der Waals surface area contributed by atoms with Crippen LogP contribution in [0.3, 0.4) is 0 Å². The Labute approximate surface area is 172 Å². The zero-order chi connectivity index (χ0) is 20.4. The second-order valence-corrected chi connectivity index (χ2v) is 8.18. The van der Waals surface area contributed by atoms with Crippen LogP contribution in [0.4, 0.5) is 0 Å². The number of aromatic hydroxyl groups is 1. The van der Waals surface area contributed by atoms with E-state index in [0.717, 1.165) is 38.1 Å². The van der Waals surface area contributed by atoms with Gasteiger partial charge in [-0.15, -0.1) is 0 Å². The zero-order valence-electron chi connectivity index (χ0n) is 17.1. The Balaban J connectivity index is 1.41. The van der Waals surface area contributed by atoms with Crippen molar-refractivity contribution in [2.75, 3.05) is 13.1 Å². The fourth-order valence-corrected chi connectivity index (χ4v) is 4.53. The highest BCUT2D eigenvalue weighted by atomic mass is 16.3. The Morgan fingerprint density at radius 1 is 1.10 bits per heavy atom. The molecule has 0 saturated carbocycles. The van der Waals surface area contributed by atoms with E-state index in [2.05, 4.69) is 44.2 Å². The summed E-state index contributed by atoms with van der Waals surface area (Å²) in [4.78, 5) is 19.6. The lowest BCUT2D eigenvalue weighted by Crippen LogP contribution is -2.39. The van der Waals surface area contributed by atoms with E-state index in [1.165, 1.54) is 16.7 Å². The van der Waals surface area contributed by atoms with Crippen LogP contribution in [-0.4, -0.2) is 40.8 Å². The Morgan fingerprint density at radius 2 is 1.86 bits per heavy atom. The summed E-state index contributed by atoms with van der Waals surface area (Å²) >= 11 is 0. The van der Waals surface area contributed by atoms with Gasteiger partial charge in [-0.1, -0.05) is 30.3 Å².